The van der Waals surface area contributed by atoms with Gasteiger partial charge in [0.25, 0.3) is 0 Å². The van der Waals surface area contributed by atoms with Crippen molar-refractivity contribution in [3.8, 4) is 28.4 Å². The van der Waals surface area contributed by atoms with E-state index in [2.05, 4.69) is 0 Å². The molecule has 0 unspecified atom stereocenters. The van der Waals surface area contributed by atoms with Gasteiger partial charge in [-0.3, -0.25) is 4.79 Å². The molecule has 1 aromatic heterocycles. The molecule has 0 amide bonds. The number of phenolic OH excluding ortho intramolecular Hbond substituents is 2. The lowest BCUT2D eigenvalue weighted by molar-refractivity contribution is -0.120. The van der Waals surface area contributed by atoms with Crippen LogP contribution in [0.15, 0.2) is 143 Å². The van der Waals surface area contributed by atoms with Gasteiger partial charge in [-0.05, 0) is 66.2 Å². The molecule has 0 saturated carbocycles. The molecule has 1 aliphatic heterocycles. The Morgan fingerprint density at radius 1 is 0.642 bits per heavy atom. The SMILES string of the molecule is O=C(OC[C@H]1O[C@H](Oc2ccc3c(=O)c(-c4ccc(O)cc4)coc3c2O)[C@@H](OC(=O)c2ccccc2)[C@@H]1OC(=O)c1ccccc1)c1ccccc1. The number of aromatic hydroxyl groups is 2. The molecule has 5 aromatic carbocycles. The van der Waals surface area contributed by atoms with Crippen LogP contribution in [0, 0.1) is 0 Å². The first-order valence-corrected chi connectivity index (χ1v) is 16.4. The van der Waals surface area contributed by atoms with Gasteiger partial charge in [-0.15, -0.1) is 0 Å². The van der Waals surface area contributed by atoms with Crippen molar-refractivity contribution in [3.05, 3.63) is 161 Å². The van der Waals surface area contributed by atoms with Gasteiger partial charge in [-0.25, -0.2) is 14.4 Å². The Balaban J connectivity index is 1.23. The summed E-state index contributed by atoms with van der Waals surface area (Å²) in [6, 6.07) is 33.0. The molecule has 6 aromatic rings. The summed E-state index contributed by atoms with van der Waals surface area (Å²) in [5.74, 6) is -3.03. The molecule has 12 nitrogen and oxygen atoms in total. The predicted molar refractivity (Wildman–Crippen MR) is 189 cm³/mol. The first-order valence-electron chi connectivity index (χ1n) is 16.4. The third-order valence-corrected chi connectivity index (χ3v) is 8.46. The summed E-state index contributed by atoms with van der Waals surface area (Å²) < 4.78 is 35.3. The van der Waals surface area contributed by atoms with E-state index in [1.54, 1.807) is 78.9 Å². The van der Waals surface area contributed by atoms with Crippen molar-refractivity contribution >= 4 is 28.9 Å². The first kappa shape index (κ1) is 34.5. The fraction of sp³-hybridized carbons (Fsp3) is 0.122. The lowest BCUT2D eigenvalue weighted by Crippen LogP contribution is -2.43. The first-order chi connectivity index (χ1) is 25.8. The van der Waals surface area contributed by atoms with Gasteiger partial charge in [0.1, 0.15) is 24.7 Å². The molecule has 266 valence electrons. The third-order valence-electron chi connectivity index (χ3n) is 8.46. The zero-order valence-electron chi connectivity index (χ0n) is 27.7. The largest absolute Gasteiger partial charge is 0.508 e. The Bertz CT molecular complexity index is 2310. The Morgan fingerprint density at radius 3 is 1.77 bits per heavy atom. The second kappa shape index (κ2) is 15.1. The molecule has 0 radical (unpaired) electrons. The zero-order valence-corrected chi connectivity index (χ0v) is 27.7. The summed E-state index contributed by atoms with van der Waals surface area (Å²) in [5, 5.41) is 21.0. The van der Waals surface area contributed by atoms with E-state index in [9.17, 15) is 29.4 Å². The van der Waals surface area contributed by atoms with Crippen LogP contribution in [0.25, 0.3) is 22.1 Å². The molecule has 0 aliphatic carbocycles. The fourth-order valence-electron chi connectivity index (χ4n) is 5.76. The maximum Gasteiger partial charge on any atom is 0.338 e. The van der Waals surface area contributed by atoms with Crippen LogP contribution < -0.4 is 10.2 Å². The molecule has 1 fully saturated rings. The zero-order chi connectivity index (χ0) is 36.9. The highest BCUT2D eigenvalue weighted by Crippen LogP contribution is 2.38. The number of carbonyl (C=O) groups is 3. The van der Waals surface area contributed by atoms with Crippen LogP contribution in [-0.2, 0) is 18.9 Å². The van der Waals surface area contributed by atoms with Crippen molar-refractivity contribution in [2.75, 3.05) is 6.61 Å². The number of benzene rings is 5. The number of carbonyl (C=O) groups excluding carboxylic acids is 3. The Kier molecular flexibility index (Phi) is 9.86. The lowest BCUT2D eigenvalue weighted by atomic mass is 10.1. The summed E-state index contributed by atoms with van der Waals surface area (Å²) in [6.45, 7) is -0.446. The van der Waals surface area contributed by atoms with E-state index < -0.39 is 60.3 Å². The topological polar surface area (TPSA) is 168 Å². The van der Waals surface area contributed by atoms with E-state index in [0.29, 0.717) is 5.56 Å². The standard InChI is InChI=1S/C41H30O12/c42-28-18-16-24(17-19-28)30-22-48-35-29(33(30)43)20-21-31(34(35)44)50-41-37(53-40(47)27-14-8-3-9-15-27)36(52-39(46)26-12-6-2-7-13-26)32(51-41)23-49-38(45)25-10-4-1-5-11-25/h1-22,32,36-37,41-42,44H,23H2/t32-,36-,37+,41+/m1/s1. The Labute approximate surface area is 301 Å². The van der Waals surface area contributed by atoms with E-state index in [1.807, 2.05) is 0 Å². The van der Waals surface area contributed by atoms with E-state index in [4.69, 9.17) is 28.1 Å². The predicted octanol–water partition coefficient (Wildman–Crippen LogP) is 6.28. The Morgan fingerprint density at radius 2 is 1.19 bits per heavy atom. The van der Waals surface area contributed by atoms with Gasteiger partial charge in [-0.1, -0.05) is 66.7 Å². The van der Waals surface area contributed by atoms with Crippen molar-refractivity contribution in [2.45, 2.75) is 24.6 Å². The average Bonchev–Trinajstić information content (AvgIpc) is 3.50. The van der Waals surface area contributed by atoms with Crippen LogP contribution in [0.4, 0.5) is 0 Å². The number of hydrogen-bond acceptors (Lipinski definition) is 12. The summed E-state index contributed by atoms with van der Waals surface area (Å²) in [5.41, 5.74) is 0.644. The molecule has 2 N–H and O–H groups in total. The van der Waals surface area contributed by atoms with Gasteiger partial charge in [-0.2, -0.15) is 0 Å². The van der Waals surface area contributed by atoms with Crippen LogP contribution in [0.5, 0.6) is 17.2 Å². The molecule has 4 atom stereocenters. The summed E-state index contributed by atoms with van der Waals surface area (Å²) >= 11 is 0. The molecular weight excluding hydrogens is 684 g/mol. The quantitative estimate of drug-likeness (QED) is 0.121. The number of rotatable bonds is 10. The van der Waals surface area contributed by atoms with Gasteiger partial charge in [0, 0.05) is 0 Å². The van der Waals surface area contributed by atoms with Crippen LogP contribution in [-0.4, -0.2) is 59.3 Å². The molecule has 12 heteroatoms. The molecule has 0 spiro atoms. The van der Waals surface area contributed by atoms with Gasteiger partial charge in [0.05, 0.1) is 27.6 Å². The van der Waals surface area contributed by atoms with E-state index >= 15 is 0 Å². The number of esters is 3. The van der Waals surface area contributed by atoms with Crippen LogP contribution in [0.2, 0.25) is 0 Å². The maximum absolute atomic E-state index is 13.4. The second-order valence-electron chi connectivity index (χ2n) is 11.9. The molecular formula is C41H30O12. The minimum absolute atomic E-state index is 0.0221. The van der Waals surface area contributed by atoms with Crippen LogP contribution >= 0.6 is 0 Å². The molecule has 1 aliphatic rings. The molecule has 2 heterocycles. The highest BCUT2D eigenvalue weighted by molar-refractivity contribution is 5.91. The maximum atomic E-state index is 13.4. The van der Waals surface area contributed by atoms with Gasteiger partial charge in [0.15, 0.2) is 17.4 Å². The molecule has 7 rings (SSSR count). The number of phenols is 2. The molecule has 53 heavy (non-hydrogen) atoms. The normalized spacial score (nSPS) is 17.9. The van der Waals surface area contributed by atoms with Crippen molar-refractivity contribution in [1.29, 1.82) is 0 Å². The lowest BCUT2D eigenvalue weighted by Gasteiger charge is -2.24. The van der Waals surface area contributed by atoms with Crippen molar-refractivity contribution < 1.29 is 52.7 Å². The number of ether oxygens (including phenoxy) is 5. The highest BCUT2D eigenvalue weighted by atomic mass is 16.7. The number of hydrogen-bond donors (Lipinski definition) is 2. The van der Waals surface area contributed by atoms with Crippen molar-refractivity contribution in [3.63, 3.8) is 0 Å². The fourth-order valence-corrected chi connectivity index (χ4v) is 5.76. The molecule has 1 saturated heterocycles. The summed E-state index contributed by atoms with van der Waals surface area (Å²) in [7, 11) is 0. The van der Waals surface area contributed by atoms with Crippen molar-refractivity contribution in [2.24, 2.45) is 0 Å². The van der Waals surface area contributed by atoms with E-state index in [1.165, 1.54) is 54.8 Å². The van der Waals surface area contributed by atoms with Gasteiger partial charge in [0.2, 0.25) is 23.6 Å². The van der Waals surface area contributed by atoms with Gasteiger partial charge >= 0.3 is 17.9 Å². The second-order valence-corrected chi connectivity index (χ2v) is 11.9. The minimum Gasteiger partial charge on any atom is -0.508 e. The summed E-state index contributed by atoms with van der Waals surface area (Å²) in [4.78, 5) is 53.2. The van der Waals surface area contributed by atoms with Crippen molar-refractivity contribution in [1.82, 2.24) is 0 Å². The summed E-state index contributed by atoms with van der Waals surface area (Å²) in [6.07, 6.45) is -4.43. The van der Waals surface area contributed by atoms with Crippen LogP contribution in [0.1, 0.15) is 31.1 Å². The highest BCUT2D eigenvalue weighted by Gasteiger charge is 2.52. The minimum atomic E-state index is -1.54. The average molecular weight is 715 g/mol. The third kappa shape index (κ3) is 7.43. The van der Waals surface area contributed by atoms with Crippen LogP contribution in [0.3, 0.4) is 0 Å². The number of fused-ring (bicyclic) bond motifs is 1. The Hall–Kier alpha value is -6.92. The van der Waals surface area contributed by atoms with E-state index in [0.717, 1.165) is 0 Å². The monoisotopic (exact) mass is 714 g/mol. The molecule has 0 bridgehead atoms. The van der Waals surface area contributed by atoms with E-state index in [-0.39, 0.29) is 44.7 Å². The van der Waals surface area contributed by atoms with Gasteiger partial charge < -0.3 is 38.3 Å². The smallest absolute Gasteiger partial charge is 0.338 e.